The van der Waals surface area contributed by atoms with Crippen molar-refractivity contribution in [1.82, 2.24) is 0 Å². The highest BCUT2D eigenvalue weighted by Crippen LogP contribution is 2.24. The Bertz CT molecular complexity index is 659. The molecule has 0 bridgehead atoms. The SMILES string of the molecule is O=C(O)c1cccc(F)c1OCc1ccc(Cl)c(F)c1. The minimum absolute atomic E-state index is 0.0362. The molecule has 0 atom stereocenters. The Morgan fingerprint density at radius 3 is 2.60 bits per heavy atom. The number of aromatic carboxylic acids is 1. The third-order valence-electron chi connectivity index (χ3n) is 2.56. The van der Waals surface area contributed by atoms with Crippen LogP contribution < -0.4 is 4.74 Å². The van der Waals surface area contributed by atoms with Crippen molar-refractivity contribution in [1.29, 1.82) is 0 Å². The molecular weight excluding hydrogens is 290 g/mol. The molecule has 6 heteroatoms. The average molecular weight is 299 g/mol. The lowest BCUT2D eigenvalue weighted by molar-refractivity contribution is 0.0690. The van der Waals surface area contributed by atoms with E-state index in [-0.39, 0.29) is 22.9 Å². The Morgan fingerprint density at radius 1 is 1.20 bits per heavy atom. The van der Waals surface area contributed by atoms with E-state index >= 15 is 0 Å². The third-order valence-corrected chi connectivity index (χ3v) is 2.87. The number of carboxylic acid groups (broad SMARTS) is 1. The van der Waals surface area contributed by atoms with E-state index < -0.39 is 17.6 Å². The van der Waals surface area contributed by atoms with Crippen LogP contribution in [0.15, 0.2) is 36.4 Å². The van der Waals surface area contributed by atoms with Crippen LogP contribution in [0, 0.1) is 11.6 Å². The van der Waals surface area contributed by atoms with E-state index in [1.165, 1.54) is 24.3 Å². The molecule has 0 aromatic heterocycles. The molecule has 0 aliphatic carbocycles. The monoisotopic (exact) mass is 298 g/mol. The fraction of sp³-hybridized carbons (Fsp3) is 0.0714. The quantitative estimate of drug-likeness (QED) is 0.931. The van der Waals surface area contributed by atoms with Crippen LogP contribution in [0.3, 0.4) is 0 Å². The van der Waals surface area contributed by atoms with Gasteiger partial charge in [0.15, 0.2) is 11.6 Å². The van der Waals surface area contributed by atoms with E-state index in [1.807, 2.05) is 0 Å². The minimum atomic E-state index is -1.30. The molecular formula is C14H9ClF2O3. The first-order valence-corrected chi connectivity index (χ1v) is 5.95. The number of rotatable bonds is 4. The van der Waals surface area contributed by atoms with E-state index in [1.54, 1.807) is 0 Å². The summed E-state index contributed by atoms with van der Waals surface area (Å²) in [7, 11) is 0. The fourth-order valence-electron chi connectivity index (χ4n) is 1.61. The van der Waals surface area contributed by atoms with Gasteiger partial charge in [-0.25, -0.2) is 13.6 Å². The van der Waals surface area contributed by atoms with Gasteiger partial charge in [-0.15, -0.1) is 0 Å². The maximum Gasteiger partial charge on any atom is 0.339 e. The van der Waals surface area contributed by atoms with Crippen LogP contribution in [0.5, 0.6) is 5.75 Å². The zero-order chi connectivity index (χ0) is 14.7. The van der Waals surface area contributed by atoms with E-state index in [9.17, 15) is 13.6 Å². The van der Waals surface area contributed by atoms with E-state index in [4.69, 9.17) is 21.4 Å². The van der Waals surface area contributed by atoms with Gasteiger partial charge >= 0.3 is 5.97 Å². The van der Waals surface area contributed by atoms with Gasteiger partial charge in [0.1, 0.15) is 18.0 Å². The van der Waals surface area contributed by atoms with Gasteiger partial charge in [0.25, 0.3) is 0 Å². The molecule has 2 rings (SSSR count). The number of hydrogen-bond donors (Lipinski definition) is 1. The molecule has 104 valence electrons. The van der Waals surface area contributed by atoms with Gasteiger partial charge in [-0.3, -0.25) is 0 Å². The Balaban J connectivity index is 2.22. The summed E-state index contributed by atoms with van der Waals surface area (Å²) in [6, 6.07) is 7.58. The van der Waals surface area contributed by atoms with Crippen molar-refractivity contribution in [2.24, 2.45) is 0 Å². The first kappa shape index (κ1) is 14.3. The zero-order valence-corrected chi connectivity index (χ0v) is 10.8. The maximum absolute atomic E-state index is 13.6. The number of halogens is 3. The van der Waals surface area contributed by atoms with Gasteiger partial charge in [0, 0.05) is 0 Å². The summed E-state index contributed by atoms with van der Waals surface area (Å²) in [5.41, 5.74) is 0.117. The second-order valence-electron chi connectivity index (χ2n) is 3.96. The predicted octanol–water partition coefficient (Wildman–Crippen LogP) is 3.90. The van der Waals surface area contributed by atoms with E-state index in [0.29, 0.717) is 5.56 Å². The van der Waals surface area contributed by atoms with E-state index in [0.717, 1.165) is 12.1 Å². The highest BCUT2D eigenvalue weighted by atomic mass is 35.5. The van der Waals surface area contributed by atoms with Crippen LogP contribution in [0.25, 0.3) is 0 Å². The number of carbonyl (C=O) groups is 1. The fourth-order valence-corrected chi connectivity index (χ4v) is 1.73. The molecule has 3 nitrogen and oxygen atoms in total. The van der Waals surface area contributed by atoms with Crippen molar-refractivity contribution in [3.63, 3.8) is 0 Å². The van der Waals surface area contributed by atoms with Crippen LogP contribution in [0.4, 0.5) is 8.78 Å². The molecule has 2 aromatic rings. The molecule has 0 aliphatic heterocycles. The Labute approximate surface area is 118 Å². The van der Waals surface area contributed by atoms with Gasteiger partial charge in [0.05, 0.1) is 5.02 Å². The maximum atomic E-state index is 13.6. The summed E-state index contributed by atoms with van der Waals surface area (Å²) in [6.07, 6.45) is 0. The zero-order valence-electron chi connectivity index (χ0n) is 10.1. The van der Waals surface area contributed by atoms with Gasteiger partial charge < -0.3 is 9.84 Å². The molecule has 1 N–H and O–H groups in total. The third kappa shape index (κ3) is 3.05. The molecule has 0 spiro atoms. The second kappa shape index (κ2) is 5.88. The van der Waals surface area contributed by atoms with Crippen molar-refractivity contribution in [3.8, 4) is 5.75 Å². The van der Waals surface area contributed by atoms with Crippen LogP contribution >= 0.6 is 11.6 Å². The number of para-hydroxylation sites is 1. The van der Waals surface area contributed by atoms with Crippen molar-refractivity contribution in [2.45, 2.75) is 6.61 Å². The molecule has 0 radical (unpaired) electrons. The molecule has 0 saturated carbocycles. The van der Waals surface area contributed by atoms with Gasteiger partial charge in [-0.1, -0.05) is 23.7 Å². The van der Waals surface area contributed by atoms with Gasteiger partial charge in [0.2, 0.25) is 0 Å². The molecule has 0 aliphatic rings. The van der Waals surface area contributed by atoms with Crippen LogP contribution in [0.2, 0.25) is 5.02 Å². The number of benzene rings is 2. The lowest BCUT2D eigenvalue weighted by atomic mass is 10.2. The average Bonchev–Trinajstić information content (AvgIpc) is 2.40. The summed E-state index contributed by atoms with van der Waals surface area (Å²) in [6.45, 7) is -0.171. The highest BCUT2D eigenvalue weighted by molar-refractivity contribution is 6.30. The largest absolute Gasteiger partial charge is 0.485 e. The van der Waals surface area contributed by atoms with Crippen LogP contribution in [-0.4, -0.2) is 11.1 Å². The second-order valence-corrected chi connectivity index (χ2v) is 4.37. The summed E-state index contributed by atoms with van der Waals surface area (Å²) >= 11 is 5.54. The first-order chi connectivity index (χ1) is 9.49. The predicted molar refractivity (Wildman–Crippen MR) is 69.1 cm³/mol. The normalized spacial score (nSPS) is 10.3. The Morgan fingerprint density at radius 2 is 1.95 bits per heavy atom. The molecule has 0 heterocycles. The summed E-state index contributed by atoms with van der Waals surface area (Å²) in [4.78, 5) is 11.0. The molecule has 0 saturated heterocycles. The first-order valence-electron chi connectivity index (χ1n) is 5.57. The minimum Gasteiger partial charge on any atom is -0.485 e. The summed E-state index contributed by atoms with van der Waals surface area (Å²) < 4.78 is 32.0. The topological polar surface area (TPSA) is 46.5 Å². The summed E-state index contributed by atoms with van der Waals surface area (Å²) in [5.74, 6) is -3.10. The van der Waals surface area contributed by atoms with Crippen LogP contribution in [-0.2, 0) is 6.61 Å². The van der Waals surface area contributed by atoms with Crippen molar-refractivity contribution in [2.75, 3.05) is 0 Å². The molecule has 2 aromatic carbocycles. The molecule has 0 unspecified atom stereocenters. The van der Waals surface area contributed by atoms with Crippen LogP contribution in [0.1, 0.15) is 15.9 Å². The van der Waals surface area contributed by atoms with Crippen molar-refractivity contribution in [3.05, 3.63) is 64.2 Å². The smallest absolute Gasteiger partial charge is 0.339 e. The Hall–Kier alpha value is -2.14. The van der Waals surface area contributed by atoms with Gasteiger partial charge in [-0.05, 0) is 29.8 Å². The lowest BCUT2D eigenvalue weighted by Gasteiger charge is -2.10. The molecule has 0 amide bonds. The van der Waals surface area contributed by atoms with Crippen molar-refractivity contribution >= 4 is 17.6 Å². The standard InChI is InChI=1S/C14H9ClF2O3/c15-10-5-4-8(6-12(10)17)7-20-13-9(14(18)19)2-1-3-11(13)16/h1-6H,7H2,(H,18,19). The number of hydrogen-bond acceptors (Lipinski definition) is 2. The lowest BCUT2D eigenvalue weighted by Crippen LogP contribution is -2.05. The van der Waals surface area contributed by atoms with Crippen molar-refractivity contribution < 1.29 is 23.4 Å². The summed E-state index contributed by atoms with van der Waals surface area (Å²) in [5, 5.41) is 8.91. The molecule has 20 heavy (non-hydrogen) atoms. The number of carboxylic acids is 1. The Kier molecular flexibility index (Phi) is 4.20. The molecule has 0 fully saturated rings. The highest BCUT2D eigenvalue weighted by Gasteiger charge is 2.15. The number of ether oxygens (including phenoxy) is 1. The van der Waals surface area contributed by atoms with Gasteiger partial charge in [-0.2, -0.15) is 0 Å². The van der Waals surface area contributed by atoms with E-state index in [2.05, 4.69) is 0 Å².